The van der Waals surface area contributed by atoms with Crippen LogP contribution in [0.2, 0.25) is 0 Å². The maximum atomic E-state index is 5.60. The molecule has 0 bridgehead atoms. The van der Waals surface area contributed by atoms with Crippen LogP contribution in [0.3, 0.4) is 0 Å². The van der Waals surface area contributed by atoms with Gasteiger partial charge in [0.05, 0.1) is 6.26 Å². The number of aryl methyl sites for hydroxylation is 1. The molecule has 1 N–H and O–H groups in total. The average molecular weight is 289 g/mol. The first-order chi connectivity index (χ1) is 10.2. The molecule has 2 unspecified atom stereocenters. The molecule has 4 heteroatoms. The molecular formula is C17H27N3O. The van der Waals surface area contributed by atoms with Gasteiger partial charge in [0, 0.05) is 25.5 Å². The minimum Gasteiger partial charge on any atom is -0.467 e. The largest absolute Gasteiger partial charge is 0.467 e. The van der Waals surface area contributed by atoms with Crippen molar-refractivity contribution in [1.29, 1.82) is 0 Å². The number of hydrogen-bond acceptors (Lipinski definition) is 3. The second-order valence-electron chi connectivity index (χ2n) is 5.76. The van der Waals surface area contributed by atoms with E-state index < -0.39 is 0 Å². The smallest absolute Gasteiger partial charge is 0.133 e. The summed E-state index contributed by atoms with van der Waals surface area (Å²) in [4.78, 5) is 4.48. The van der Waals surface area contributed by atoms with E-state index in [-0.39, 0.29) is 6.04 Å². The molecule has 4 nitrogen and oxygen atoms in total. The van der Waals surface area contributed by atoms with Crippen LogP contribution in [0, 0.1) is 0 Å². The van der Waals surface area contributed by atoms with E-state index in [9.17, 15) is 0 Å². The Morgan fingerprint density at radius 3 is 2.81 bits per heavy atom. The van der Waals surface area contributed by atoms with Gasteiger partial charge in [0.2, 0.25) is 0 Å². The highest BCUT2D eigenvalue weighted by Crippen LogP contribution is 2.22. The van der Waals surface area contributed by atoms with Gasteiger partial charge in [-0.3, -0.25) is 5.32 Å². The zero-order chi connectivity index (χ0) is 15.1. The number of hydrogen-bond donors (Lipinski definition) is 1. The molecule has 2 rings (SSSR count). The van der Waals surface area contributed by atoms with Crippen molar-refractivity contribution in [3.63, 3.8) is 0 Å². The van der Waals surface area contributed by atoms with Crippen LogP contribution in [0.5, 0.6) is 0 Å². The fourth-order valence-corrected chi connectivity index (χ4v) is 2.64. The molecule has 21 heavy (non-hydrogen) atoms. The predicted molar refractivity (Wildman–Crippen MR) is 85.1 cm³/mol. The monoisotopic (exact) mass is 289 g/mol. The molecule has 0 aliphatic carbocycles. The van der Waals surface area contributed by atoms with E-state index in [0.29, 0.717) is 6.04 Å². The molecule has 0 amide bonds. The maximum absolute atomic E-state index is 5.60. The van der Waals surface area contributed by atoms with E-state index in [1.165, 1.54) is 32.1 Å². The van der Waals surface area contributed by atoms with Crippen molar-refractivity contribution in [2.45, 2.75) is 58.0 Å². The van der Waals surface area contributed by atoms with Crippen LogP contribution >= 0.6 is 0 Å². The fraction of sp³-hybridized carbons (Fsp3) is 0.588. The summed E-state index contributed by atoms with van der Waals surface area (Å²) in [6, 6.07) is 4.39. The molecule has 0 fully saturated rings. The highest BCUT2D eigenvalue weighted by molar-refractivity contribution is 5.16. The molecule has 2 atom stereocenters. The molecule has 0 aliphatic rings. The number of aromatic nitrogens is 2. The van der Waals surface area contributed by atoms with E-state index in [1.807, 2.05) is 36.1 Å². The first-order valence-electron chi connectivity index (χ1n) is 7.99. The number of furan rings is 1. The van der Waals surface area contributed by atoms with Crippen molar-refractivity contribution >= 4 is 0 Å². The molecule has 0 saturated carbocycles. The summed E-state index contributed by atoms with van der Waals surface area (Å²) >= 11 is 0. The molecule has 116 valence electrons. The Hall–Kier alpha value is -1.55. The lowest BCUT2D eigenvalue weighted by Crippen LogP contribution is -2.32. The number of unbranched alkanes of at least 4 members (excludes halogenated alkanes) is 3. The SMILES string of the molecule is CCCCCCC(C)NC(c1ccco1)c1nccn1C. The van der Waals surface area contributed by atoms with E-state index in [1.54, 1.807) is 6.26 Å². The standard InChI is InChI=1S/C17H27N3O/c1-4-5-6-7-9-14(2)19-16(15-10-8-13-21-15)17-18-11-12-20(17)3/h8,10-14,16,19H,4-7,9H2,1-3H3. The predicted octanol–water partition coefficient (Wildman–Crippen LogP) is 4.05. The van der Waals surface area contributed by atoms with Gasteiger partial charge >= 0.3 is 0 Å². The van der Waals surface area contributed by atoms with E-state index in [4.69, 9.17) is 4.42 Å². The quantitative estimate of drug-likeness (QED) is 0.708. The molecular weight excluding hydrogens is 262 g/mol. The second kappa shape index (κ2) is 8.03. The van der Waals surface area contributed by atoms with Gasteiger partial charge in [0.15, 0.2) is 0 Å². The van der Waals surface area contributed by atoms with Crippen LogP contribution < -0.4 is 5.32 Å². The van der Waals surface area contributed by atoms with Gasteiger partial charge in [-0.25, -0.2) is 4.98 Å². The summed E-state index contributed by atoms with van der Waals surface area (Å²) in [5.41, 5.74) is 0. The lowest BCUT2D eigenvalue weighted by Gasteiger charge is -2.21. The third-order valence-corrected chi connectivity index (χ3v) is 3.89. The second-order valence-corrected chi connectivity index (χ2v) is 5.76. The summed E-state index contributed by atoms with van der Waals surface area (Å²) in [5.74, 6) is 1.91. The summed E-state index contributed by atoms with van der Waals surface area (Å²) in [5, 5.41) is 3.66. The van der Waals surface area contributed by atoms with Gasteiger partial charge in [-0.05, 0) is 25.5 Å². The van der Waals surface area contributed by atoms with Crippen LogP contribution in [0.1, 0.15) is 63.6 Å². The number of nitrogens with zero attached hydrogens (tertiary/aromatic N) is 2. The highest BCUT2D eigenvalue weighted by atomic mass is 16.3. The number of rotatable bonds is 9. The third kappa shape index (κ3) is 4.46. The minimum absolute atomic E-state index is 0.0150. The molecule has 0 saturated heterocycles. The summed E-state index contributed by atoms with van der Waals surface area (Å²) < 4.78 is 7.65. The van der Waals surface area contributed by atoms with Gasteiger partial charge < -0.3 is 8.98 Å². The van der Waals surface area contributed by atoms with Gasteiger partial charge in [0.25, 0.3) is 0 Å². The van der Waals surface area contributed by atoms with Crippen molar-refractivity contribution < 1.29 is 4.42 Å². The maximum Gasteiger partial charge on any atom is 0.133 e. The van der Waals surface area contributed by atoms with E-state index in [2.05, 4.69) is 24.1 Å². The normalized spacial score (nSPS) is 14.2. The van der Waals surface area contributed by atoms with Crippen LogP contribution in [0.4, 0.5) is 0 Å². The molecule has 2 aromatic heterocycles. The Kier molecular flexibility index (Phi) is 6.05. The van der Waals surface area contributed by atoms with Gasteiger partial charge in [-0.2, -0.15) is 0 Å². The topological polar surface area (TPSA) is 43.0 Å². The van der Waals surface area contributed by atoms with Gasteiger partial charge in [0.1, 0.15) is 17.6 Å². The van der Waals surface area contributed by atoms with Crippen molar-refractivity contribution in [3.8, 4) is 0 Å². The van der Waals surface area contributed by atoms with Crippen molar-refractivity contribution in [1.82, 2.24) is 14.9 Å². The number of nitrogens with one attached hydrogen (secondary N) is 1. The average Bonchev–Trinajstić information content (AvgIpc) is 3.13. The Labute approximate surface area is 127 Å². The van der Waals surface area contributed by atoms with Gasteiger partial charge in [-0.1, -0.05) is 32.6 Å². The molecule has 0 aromatic carbocycles. The van der Waals surface area contributed by atoms with E-state index in [0.717, 1.165) is 11.6 Å². The zero-order valence-electron chi connectivity index (χ0n) is 13.4. The van der Waals surface area contributed by atoms with Crippen LogP contribution in [-0.4, -0.2) is 15.6 Å². The Balaban J connectivity index is 1.99. The highest BCUT2D eigenvalue weighted by Gasteiger charge is 2.22. The van der Waals surface area contributed by atoms with Crippen molar-refractivity contribution in [2.24, 2.45) is 7.05 Å². The van der Waals surface area contributed by atoms with Crippen LogP contribution in [0.25, 0.3) is 0 Å². The lowest BCUT2D eigenvalue weighted by atomic mass is 10.1. The Morgan fingerprint density at radius 1 is 1.33 bits per heavy atom. The fourth-order valence-electron chi connectivity index (χ4n) is 2.64. The Morgan fingerprint density at radius 2 is 2.19 bits per heavy atom. The molecule has 2 heterocycles. The van der Waals surface area contributed by atoms with E-state index >= 15 is 0 Å². The molecule has 0 radical (unpaired) electrons. The Bertz CT molecular complexity index is 504. The summed E-state index contributed by atoms with van der Waals surface area (Å²) in [6.45, 7) is 4.49. The first-order valence-corrected chi connectivity index (χ1v) is 7.99. The first kappa shape index (κ1) is 15.8. The summed E-state index contributed by atoms with van der Waals surface area (Å²) in [7, 11) is 2.02. The van der Waals surface area contributed by atoms with Crippen LogP contribution in [-0.2, 0) is 7.05 Å². The molecule has 2 aromatic rings. The zero-order valence-corrected chi connectivity index (χ0v) is 13.4. The van der Waals surface area contributed by atoms with Gasteiger partial charge in [-0.15, -0.1) is 0 Å². The number of imidazole rings is 1. The summed E-state index contributed by atoms with van der Waals surface area (Å²) in [6.07, 6.45) is 11.9. The lowest BCUT2D eigenvalue weighted by molar-refractivity contribution is 0.382. The minimum atomic E-state index is 0.0150. The third-order valence-electron chi connectivity index (χ3n) is 3.89. The molecule has 0 spiro atoms. The van der Waals surface area contributed by atoms with Crippen molar-refractivity contribution in [2.75, 3.05) is 0 Å². The van der Waals surface area contributed by atoms with Crippen molar-refractivity contribution in [3.05, 3.63) is 42.4 Å². The molecule has 0 aliphatic heterocycles. The van der Waals surface area contributed by atoms with Crippen LogP contribution in [0.15, 0.2) is 35.2 Å².